The van der Waals surface area contributed by atoms with E-state index < -0.39 is 0 Å². The molecule has 0 atom stereocenters. The van der Waals surface area contributed by atoms with Gasteiger partial charge in [0, 0.05) is 37.3 Å². The molecule has 1 aliphatic rings. The van der Waals surface area contributed by atoms with Gasteiger partial charge in [0.1, 0.15) is 5.82 Å². The molecule has 1 aliphatic heterocycles. The second kappa shape index (κ2) is 6.17. The van der Waals surface area contributed by atoms with E-state index in [-0.39, 0.29) is 11.8 Å². The number of carbonyl (C=O) groups is 1. The third-order valence-corrected chi connectivity index (χ3v) is 4.17. The second-order valence-electron chi connectivity index (χ2n) is 5.53. The topological polar surface area (TPSA) is 61.0 Å². The summed E-state index contributed by atoms with van der Waals surface area (Å²) < 4.78 is 13.0. The van der Waals surface area contributed by atoms with Crippen LogP contribution in [0.25, 0.3) is 11.3 Å². The predicted molar refractivity (Wildman–Crippen MR) is 82.0 cm³/mol. The van der Waals surface area contributed by atoms with Crippen molar-refractivity contribution in [2.45, 2.75) is 18.8 Å². The van der Waals surface area contributed by atoms with Crippen LogP contribution in [0.3, 0.4) is 0 Å². The quantitative estimate of drug-likeness (QED) is 0.896. The van der Waals surface area contributed by atoms with Crippen LogP contribution in [0.15, 0.2) is 30.3 Å². The van der Waals surface area contributed by atoms with Crippen molar-refractivity contribution in [3.05, 3.63) is 41.8 Å². The van der Waals surface area contributed by atoms with Gasteiger partial charge in [-0.15, -0.1) is 0 Å². The Hall–Kier alpha value is -2.37. The Morgan fingerprint density at radius 2 is 2.00 bits per heavy atom. The van der Waals surface area contributed by atoms with Gasteiger partial charge in [-0.05, 0) is 43.2 Å². The van der Waals surface area contributed by atoms with E-state index >= 15 is 0 Å². The average Bonchev–Trinajstić information content (AvgIpc) is 3.05. The van der Waals surface area contributed by atoms with Gasteiger partial charge in [-0.1, -0.05) is 0 Å². The molecular weight excluding hydrogens is 283 g/mol. The number of nitrogens with one attached hydrogen (secondary N) is 2. The number of halogens is 1. The van der Waals surface area contributed by atoms with Gasteiger partial charge in [-0.3, -0.25) is 5.10 Å². The Balaban J connectivity index is 1.67. The first-order valence-corrected chi connectivity index (χ1v) is 7.45. The van der Waals surface area contributed by atoms with Crippen LogP contribution < -0.4 is 5.32 Å². The maximum absolute atomic E-state index is 13.0. The molecule has 0 spiro atoms. The van der Waals surface area contributed by atoms with E-state index in [0.717, 1.165) is 42.9 Å². The molecule has 0 radical (unpaired) electrons. The minimum Gasteiger partial charge on any atom is -0.341 e. The summed E-state index contributed by atoms with van der Waals surface area (Å²) in [5.41, 5.74) is 2.80. The minimum atomic E-state index is -0.249. The van der Waals surface area contributed by atoms with Crippen molar-refractivity contribution in [2.24, 2.45) is 0 Å². The number of likely N-dealkylation sites (tertiary alicyclic amines) is 1. The lowest BCUT2D eigenvalue weighted by molar-refractivity contribution is 0.183. The number of rotatable bonds is 2. The molecule has 0 bridgehead atoms. The molecule has 2 heterocycles. The largest absolute Gasteiger partial charge is 0.341 e. The van der Waals surface area contributed by atoms with Crippen LogP contribution in [0.1, 0.15) is 24.5 Å². The van der Waals surface area contributed by atoms with Crippen LogP contribution in [-0.2, 0) is 0 Å². The van der Waals surface area contributed by atoms with Gasteiger partial charge < -0.3 is 10.2 Å². The molecular formula is C16H19FN4O. The highest BCUT2D eigenvalue weighted by Gasteiger charge is 2.24. The Morgan fingerprint density at radius 1 is 1.32 bits per heavy atom. The van der Waals surface area contributed by atoms with Crippen molar-refractivity contribution in [1.82, 2.24) is 20.4 Å². The van der Waals surface area contributed by atoms with Gasteiger partial charge in [0.15, 0.2) is 0 Å². The summed E-state index contributed by atoms with van der Waals surface area (Å²) in [6, 6.07) is 8.33. The molecule has 0 unspecified atom stereocenters. The van der Waals surface area contributed by atoms with Crippen LogP contribution in [-0.4, -0.2) is 41.3 Å². The highest BCUT2D eigenvalue weighted by Crippen LogP contribution is 2.29. The summed E-state index contributed by atoms with van der Waals surface area (Å²) >= 11 is 0. The lowest BCUT2D eigenvalue weighted by atomic mass is 9.93. The number of aromatic nitrogens is 2. The Morgan fingerprint density at radius 3 is 2.64 bits per heavy atom. The van der Waals surface area contributed by atoms with E-state index in [9.17, 15) is 9.18 Å². The summed E-state index contributed by atoms with van der Waals surface area (Å²) in [5, 5.41) is 10.1. The minimum absolute atomic E-state index is 0.0185. The molecule has 22 heavy (non-hydrogen) atoms. The van der Waals surface area contributed by atoms with Gasteiger partial charge in [0.25, 0.3) is 0 Å². The number of urea groups is 1. The van der Waals surface area contributed by atoms with Crippen LogP contribution in [0.2, 0.25) is 0 Å². The van der Waals surface area contributed by atoms with E-state index in [1.54, 1.807) is 19.2 Å². The van der Waals surface area contributed by atoms with E-state index in [1.165, 1.54) is 12.1 Å². The normalized spacial score (nSPS) is 15.8. The number of carbonyl (C=O) groups excluding carboxylic acids is 1. The molecule has 0 saturated carbocycles. The molecule has 2 amide bonds. The number of nitrogens with zero attached hydrogens (tertiary/aromatic N) is 2. The Bertz CT molecular complexity index is 644. The van der Waals surface area contributed by atoms with Gasteiger partial charge in [-0.25, -0.2) is 9.18 Å². The fourth-order valence-corrected chi connectivity index (χ4v) is 2.87. The number of amides is 2. The maximum Gasteiger partial charge on any atom is 0.317 e. The van der Waals surface area contributed by atoms with Crippen LogP contribution >= 0.6 is 0 Å². The van der Waals surface area contributed by atoms with E-state index in [1.807, 2.05) is 11.0 Å². The Labute approximate surface area is 128 Å². The molecule has 3 rings (SSSR count). The summed E-state index contributed by atoms with van der Waals surface area (Å²) in [4.78, 5) is 13.4. The van der Waals surface area contributed by atoms with Crippen molar-refractivity contribution < 1.29 is 9.18 Å². The number of hydrogen-bond donors (Lipinski definition) is 2. The molecule has 1 aromatic heterocycles. The highest BCUT2D eigenvalue weighted by atomic mass is 19.1. The zero-order valence-electron chi connectivity index (χ0n) is 12.5. The average molecular weight is 302 g/mol. The molecule has 2 N–H and O–H groups in total. The number of H-pyrrole nitrogens is 1. The molecule has 5 nitrogen and oxygen atoms in total. The third-order valence-electron chi connectivity index (χ3n) is 4.17. The SMILES string of the molecule is CNC(=O)N1CCC(c2cc(-c3ccc(F)cc3)n[nH]2)CC1. The zero-order chi connectivity index (χ0) is 15.5. The molecule has 1 aromatic carbocycles. The fourth-order valence-electron chi connectivity index (χ4n) is 2.87. The summed E-state index contributed by atoms with van der Waals surface area (Å²) in [7, 11) is 1.65. The van der Waals surface area contributed by atoms with Crippen LogP contribution in [0.5, 0.6) is 0 Å². The van der Waals surface area contributed by atoms with Gasteiger partial charge in [0.2, 0.25) is 0 Å². The monoisotopic (exact) mass is 302 g/mol. The van der Waals surface area contributed by atoms with Crippen molar-refractivity contribution in [3.63, 3.8) is 0 Å². The van der Waals surface area contributed by atoms with Crippen molar-refractivity contribution >= 4 is 6.03 Å². The molecule has 116 valence electrons. The molecule has 1 fully saturated rings. The van der Waals surface area contributed by atoms with Gasteiger partial charge in [0.05, 0.1) is 5.69 Å². The number of piperidine rings is 1. The summed E-state index contributed by atoms with van der Waals surface area (Å²) in [6.45, 7) is 1.49. The van der Waals surface area contributed by atoms with Crippen molar-refractivity contribution in [2.75, 3.05) is 20.1 Å². The second-order valence-corrected chi connectivity index (χ2v) is 5.53. The predicted octanol–water partition coefficient (Wildman–Crippen LogP) is 2.73. The first-order chi connectivity index (χ1) is 10.7. The number of hydrogen-bond acceptors (Lipinski definition) is 2. The first-order valence-electron chi connectivity index (χ1n) is 7.45. The third kappa shape index (κ3) is 2.95. The van der Waals surface area contributed by atoms with Gasteiger partial charge >= 0.3 is 6.03 Å². The number of benzene rings is 1. The lowest BCUT2D eigenvalue weighted by Gasteiger charge is -2.31. The van der Waals surface area contributed by atoms with Crippen molar-refractivity contribution in [1.29, 1.82) is 0 Å². The van der Waals surface area contributed by atoms with E-state index in [0.29, 0.717) is 5.92 Å². The van der Waals surface area contributed by atoms with Crippen LogP contribution in [0, 0.1) is 5.82 Å². The maximum atomic E-state index is 13.0. The fraction of sp³-hybridized carbons (Fsp3) is 0.375. The summed E-state index contributed by atoms with van der Waals surface area (Å²) in [6.07, 6.45) is 1.83. The summed E-state index contributed by atoms with van der Waals surface area (Å²) in [5.74, 6) is 0.128. The zero-order valence-corrected chi connectivity index (χ0v) is 12.5. The highest BCUT2D eigenvalue weighted by molar-refractivity contribution is 5.73. The number of aromatic amines is 1. The van der Waals surface area contributed by atoms with Gasteiger partial charge in [-0.2, -0.15) is 5.10 Å². The molecule has 6 heteroatoms. The molecule has 1 saturated heterocycles. The van der Waals surface area contributed by atoms with E-state index in [2.05, 4.69) is 15.5 Å². The first kappa shape index (κ1) is 14.6. The molecule has 2 aromatic rings. The molecule has 0 aliphatic carbocycles. The lowest BCUT2D eigenvalue weighted by Crippen LogP contribution is -2.42. The standard InChI is InChI=1S/C16H19FN4O/c1-18-16(22)21-8-6-12(7-9-21)15-10-14(19-20-15)11-2-4-13(17)5-3-11/h2-5,10,12H,6-9H2,1H3,(H,18,22)(H,19,20). The smallest absolute Gasteiger partial charge is 0.317 e. The Kier molecular flexibility index (Phi) is 4.09. The van der Waals surface area contributed by atoms with Crippen LogP contribution in [0.4, 0.5) is 9.18 Å². The van der Waals surface area contributed by atoms with E-state index in [4.69, 9.17) is 0 Å². The van der Waals surface area contributed by atoms with Crippen molar-refractivity contribution in [3.8, 4) is 11.3 Å².